The van der Waals surface area contributed by atoms with Gasteiger partial charge in [0, 0.05) is 20.8 Å². The summed E-state index contributed by atoms with van der Waals surface area (Å²) in [5.74, 6) is -0.621. The molecule has 0 spiro atoms. The zero-order valence-electron chi connectivity index (χ0n) is 15.5. The van der Waals surface area contributed by atoms with E-state index >= 15 is 0 Å². The number of anilines is 1. The molecule has 1 amide bonds. The van der Waals surface area contributed by atoms with Gasteiger partial charge >= 0.3 is 5.97 Å². The van der Waals surface area contributed by atoms with Gasteiger partial charge in [-0.15, -0.1) is 11.3 Å². The molecule has 1 aliphatic rings. The van der Waals surface area contributed by atoms with Crippen LogP contribution in [0, 0.1) is 0 Å². The van der Waals surface area contributed by atoms with Gasteiger partial charge in [0.1, 0.15) is 11.0 Å². The lowest BCUT2D eigenvalue weighted by Gasteiger charge is -2.21. The molecule has 0 atom stereocenters. The molecule has 1 N–H and O–H groups in total. The largest absolute Gasteiger partial charge is 0.459 e. The van der Waals surface area contributed by atoms with E-state index in [9.17, 15) is 9.59 Å². The highest BCUT2D eigenvalue weighted by Crippen LogP contribution is 2.37. The predicted molar refractivity (Wildman–Crippen MR) is 119 cm³/mol. The number of thiophene rings is 1. The molecule has 4 rings (SSSR count). The molecule has 0 radical (unpaired) electrons. The van der Waals surface area contributed by atoms with Crippen molar-refractivity contribution in [2.75, 3.05) is 5.32 Å². The summed E-state index contributed by atoms with van der Waals surface area (Å²) >= 11 is 13.7. The van der Waals surface area contributed by atoms with E-state index < -0.39 is 0 Å². The summed E-state index contributed by atoms with van der Waals surface area (Å²) in [5.41, 5.74) is 1.05. The van der Waals surface area contributed by atoms with Gasteiger partial charge in [0.2, 0.25) is 0 Å². The van der Waals surface area contributed by atoms with Crippen LogP contribution in [0.4, 0.5) is 5.69 Å². The topological polar surface area (TPSA) is 55.4 Å². The van der Waals surface area contributed by atoms with Crippen molar-refractivity contribution in [2.24, 2.45) is 0 Å². The molecule has 0 bridgehead atoms. The Morgan fingerprint density at radius 3 is 2.45 bits per heavy atom. The molecule has 1 fully saturated rings. The molecule has 0 unspecified atom stereocenters. The normalized spacial score (nSPS) is 14.7. The van der Waals surface area contributed by atoms with E-state index in [1.807, 2.05) is 0 Å². The minimum atomic E-state index is -0.320. The number of rotatable bonds is 4. The van der Waals surface area contributed by atoms with Crippen molar-refractivity contribution in [3.8, 4) is 0 Å². The molecular formula is C22H19Cl2NO3S. The highest BCUT2D eigenvalue weighted by Gasteiger charge is 2.20. The second-order valence-corrected chi connectivity index (χ2v) is 8.95. The number of amides is 1. The lowest BCUT2D eigenvalue weighted by Crippen LogP contribution is -2.20. The summed E-state index contributed by atoms with van der Waals surface area (Å²) < 4.78 is 6.43. The molecule has 150 valence electrons. The van der Waals surface area contributed by atoms with Crippen molar-refractivity contribution < 1.29 is 14.3 Å². The molecule has 2 aromatic carbocycles. The average Bonchev–Trinajstić information content (AvgIpc) is 3.05. The van der Waals surface area contributed by atoms with Gasteiger partial charge in [-0.2, -0.15) is 0 Å². The summed E-state index contributed by atoms with van der Waals surface area (Å²) in [6, 6.07) is 12.0. The van der Waals surface area contributed by atoms with E-state index in [1.165, 1.54) is 17.8 Å². The van der Waals surface area contributed by atoms with Gasteiger partial charge in [-0.1, -0.05) is 35.7 Å². The lowest BCUT2D eigenvalue weighted by molar-refractivity contribution is 0.0211. The highest BCUT2D eigenvalue weighted by atomic mass is 35.5. The zero-order chi connectivity index (χ0) is 20.4. The van der Waals surface area contributed by atoms with Crippen LogP contribution in [-0.4, -0.2) is 18.0 Å². The van der Waals surface area contributed by atoms with Gasteiger partial charge < -0.3 is 10.1 Å². The molecule has 1 aliphatic carbocycles. The van der Waals surface area contributed by atoms with E-state index in [0.717, 1.165) is 35.8 Å². The first-order chi connectivity index (χ1) is 14.0. The number of benzene rings is 2. The molecule has 29 heavy (non-hydrogen) atoms. The first-order valence-electron chi connectivity index (χ1n) is 9.51. The van der Waals surface area contributed by atoms with E-state index in [4.69, 9.17) is 27.9 Å². The van der Waals surface area contributed by atoms with Gasteiger partial charge in [0.15, 0.2) is 0 Å². The fourth-order valence-electron chi connectivity index (χ4n) is 3.46. The number of hydrogen-bond acceptors (Lipinski definition) is 4. The van der Waals surface area contributed by atoms with Crippen LogP contribution < -0.4 is 5.32 Å². The number of halogens is 2. The summed E-state index contributed by atoms with van der Waals surface area (Å²) in [6.45, 7) is 0. The number of fused-ring (bicyclic) bond motifs is 1. The van der Waals surface area contributed by atoms with Crippen LogP contribution in [0.15, 0.2) is 42.5 Å². The third kappa shape index (κ3) is 4.58. The quantitative estimate of drug-likeness (QED) is 0.440. The maximum Gasteiger partial charge on any atom is 0.338 e. The molecular weight excluding hydrogens is 429 g/mol. The number of ether oxygens (including phenoxy) is 1. The number of nitrogens with one attached hydrogen (secondary N) is 1. The van der Waals surface area contributed by atoms with E-state index in [0.29, 0.717) is 26.2 Å². The molecule has 4 nitrogen and oxygen atoms in total. The van der Waals surface area contributed by atoms with E-state index in [1.54, 1.807) is 42.5 Å². The Kier molecular flexibility index (Phi) is 6.09. The fraction of sp³-hybridized carbons (Fsp3) is 0.273. The Morgan fingerprint density at radius 2 is 1.72 bits per heavy atom. The summed E-state index contributed by atoms with van der Waals surface area (Å²) in [7, 11) is 0. The van der Waals surface area contributed by atoms with E-state index in [2.05, 4.69) is 5.32 Å². The summed E-state index contributed by atoms with van der Waals surface area (Å²) in [5, 5.41) is 4.63. The summed E-state index contributed by atoms with van der Waals surface area (Å²) in [6.07, 6.45) is 5.30. The Labute approximate surface area is 182 Å². The third-order valence-corrected chi connectivity index (χ3v) is 6.89. The van der Waals surface area contributed by atoms with Gasteiger partial charge in [-0.05, 0) is 62.1 Å². The Morgan fingerprint density at radius 1 is 1.00 bits per heavy atom. The number of esters is 1. The SMILES string of the molecule is O=C(OC1CCCCC1)c1ccc(NC(=O)c2sc3cc(Cl)ccc3c2Cl)cc1. The second-order valence-electron chi connectivity index (χ2n) is 7.08. The highest BCUT2D eigenvalue weighted by molar-refractivity contribution is 7.21. The molecule has 1 aromatic heterocycles. The van der Waals surface area contributed by atoms with Crippen LogP contribution in [0.3, 0.4) is 0 Å². The Bertz CT molecular complexity index is 1060. The Hall–Kier alpha value is -2.08. The predicted octanol–water partition coefficient (Wildman–Crippen LogP) is 6.95. The smallest absolute Gasteiger partial charge is 0.338 e. The van der Waals surface area contributed by atoms with Crippen LogP contribution in [0.5, 0.6) is 0 Å². The van der Waals surface area contributed by atoms with Crippen molar-refractivity contribution in [3.63, 3.8) is 0 Å². The van der Waals surface area contributed by atoms with Crippen molar-refractivity contribution in [1.29, 1.82) is 0 Å². The lowest BCUT2D eigenvalue weighted by atomic mass is 9.98. The van der Waals surface area contributed by atoms with Crippen LogP contribution in [0.1, 0.15) is 52.1 Å². The molecule has 3 aromatic rings. The van der Waals surface area contributed by atoms with Gasteiger partial charge in [-0.25, -0.2) is 4.79 Å². The Balaban J connectivity index is 1.44. The number of hydrogen-bond donors (Lipinski definition) is 1. The van der Waals surface area contributed by atoms with Crippen molar-refractivity contribution in [1.82, 2.24) is 0 Å². The molecule has 0 saturated heterocycles. The van der Waals surface area contributed by atoms with Gasteiger partial charge in [0.25, 0.3) is 5.91 Å². The van der Waals surface area contributed by atoms with Crippen molar-refractivity contribution >= 4 is 62.2 Å². The van der Waals surface area contributed by atoms with Crippen LogP contribution in [0.25, 0.3) is 10.1 Å². The maximum absolute atomic E-state index is 12.7. The fourth-order valence-corrected chi connectivity index (χ4v) is 5.15. The minimum Gasteiger partial charge on any atom is -0.459 e. The molecule has 1 saturated carbocycles. The molecule has 7 heteroatoms. The number of carbonyl (C=O) groups excluding carboxylic acids is 2. The molecule has 0 aliphatic heterocycles. The van der Waals surface area contributed by atoms with Crippen LogP contribution in [-0.2, 0) is 4.74 Å². The van der Waals surface area contributed by atoms with Gasteiger partial charge in [0.05, 0.1) is 10.6 Å². The van der Waals surface area contributed by atoms with Crippen molar-refractivity contribution in [2.45, 2.75) is 38.2 Å². The average molecular weight is 448 g/mol. The van der Waals surface area contributed by atoms with Crippen LogP contribution >= 0.6 is 34.5 Å². The summed E-state index contributed by atoms with van der Waals surface area (Å²) in [4.78, 5) is 25.4. The van der Waals surface area contributed by atoms with Crippen LogP contribution in [0.2, 0.25) is 10.0 Å². The van der Waals surface area contributed by atoms with Crippen molar-refractivity contribution in [3.05, 3.63) is 63.0 Å². The first-order valence-corrected chi connectivity index (χ1v) is 11.1. The second kappa shape index (κ2) is 8.74. The third-order valence-electron chi connectivity index (χ3n) is 5.00. The standard InChI is InChI=1S/C22H19Cl2NO3S/c23-14-8-11-17-18(12-14)29-20(19(17)24)21(26)25-15-9-6-13(7-10-15)22(27)28-16-4-2-1-3-5-16/h6-12,16H,1-5H2,(H,25,26). The number of carbonyl (C=O) groups is 2. The zero-order valence-corrected chi connectivity index (χ0v) is 17.9. The van der Waals surface area contributed by atoms with E-state index in [-0.39, 0.29) is 18.0 Å². The first kappa shape index (κ1) is 20.2. The minimum absolute atomic E-state index is 0.0132. The molecule has 1 heterocycles. The van der Waals surface area contributed by atoms with Gasteiger partial charge in [-0.3, -0.25) is 4.79 Å². The maximum atomic E-state index is 12.7. The monoisotopic (exact) mass is 447 g/mol.